The Balaban J connectivity index is 1.61. The standard InChI is InChI=1S/C15H20N2S/c1-2-13(11-6-4-3-5-7-11)17-15-16-10-14(18-15)12-8-9-12/h3-7,12-14H,2,8-10H2,1H3,(H,16,17). The summed E-state index contributed by atoms with van der Waals surface area (Å²) in [5, 5.41) is 5.51. The van der Waals surface area contributed by atoms with E-state index in [1.807, 2.05) is 11.8 Å². The highest BCUT2D eigenvalue weighted by molar-refractivity contribution is 8.14. The maximum Gasteiger partial charge on any atom is 0.157 e. The Morgan fingerprint density at radius 2 is 2.11 bits per heavy atom. The lowest BCUT2D eigenvalue weighted by molar-refractivity contribution is 0.629. The fourth-order valence-electron chi connectivity index (χ4n) is 2.44. The summed E-state index contributed by atoms with van der Waals surface area (Å²) in [6.07, 6.45) is 3.92. The minimum Gasteiger partial charge on any atom is -0.358 e. The Hall–Kier alpha value is -0.960. The lowest BCUT2D eigenvalue weighted by Gasteiger charge is -2.18. The number of aliphatic imine (C=N–C) groups is 1. The van der Waals surface area contributed by atoms with Gasteiger partial charge in [-0.05, 0) is 30.7 Å². The lowest BCUT2D eigenvalue weighted by atomic mass is 10.1. The van der Waals surface area contributed by atoms with Gasteiger partial charge in [-0.15, -0.1) is 0 Å². The van der Waals surface area contributed by atoms with Crippen LogP contribution in [0.15, 0.2) is 35.3 Å². The van der Waals surface area contributed by atoms with Gasteiger partial charge in [0, 0.05) is 5.25 Å². The van der Waals surface area contributed by atoms with E-state index in [4.69, 9.17) is 0 Å². The zero-order chi connectivity index (χ0) is 12.4. The van der Waals surface area contributed by atoms with Crippen LogP contribution in [0.5, 0.6) is 0 Å². The number of hydrogen-bond acceptors (Lipinski definition) is 3. The van der Waals surface area contributed by atoms with E-state index in [-0.39, 0.29) is 0 Å². The highest BCUT2D eigenvalue weighted by atomic mass is 32.2. The van der Waals surface area contributed by atoms with Crippen molar-refractivity contribution in [2.75, 3.05) is 6.54 Å². The van der Waals surface area contributed by atoms with Crippen LogP contribution in [0.3, 0.4) is 0 Å². The molecule has 2 atom stereocenters. The van der Waals surface area contributed by atoms with E-state index in [9.17, 15) is 0 Å². The Bertz CT molecular complexity index is 425. The second kappa shape index (κ2) is 5.35. The second-order valence-electron chi connectivity index (χ2n) is 5.16. The molecular formula is C15H20N2S. The Morgan fingerprint density at radius 3 is 2.78 bits per heavy atom. The van der Waals surface area contributed by atoms with Gasteiger partial charge >= 0.3 is 0 Å². The minimum atomic E-state index is 0.399. The van der Waals surface area contributed by atoms with E-state index < -0.39 is 0 Å². The number of benzene rings is 1. The summed E-state index contributed by atoms with van der Waals surface area (Å²) in [5.41, 5.74) is 1.36. The molecule has 1 heterocycles. The smallest absolute Gasteiger partial charge is 0.157 e. The molecule has 0 amide bonds. The number of hydrogen-bond donors (Lipinski definition) is 1. The maximum absolute atomic E-state index is 4.66. The number of nitrogens with one attached hydrogen (secondary N) is 1. The van der Waals surface area contributed by atoms with Crippen molar-refractivity contribution in [3.8, 4) is 0 Å². The van der Waals surface area contributed by atoms with Gasteiger partial charge in [-0.3, -0.25) is 4.99 Å². The molecule has 2 aliphatic rings. The largest absolute Gasteiger partial charge is 0.358 e. The van der Waals surface area contributed by atoms with Gasteiger partial charge in [0.05, 0.1) is 12.6 Å². The van der Waals surface area contributed by atoms with Crippen LogP contribution in [0.4, 0.5) is 0 Å². The molecular weight excluding hydrogens is 240 g/mol. The molecule has 2 unspecified atom stereocenters. The van der Waals surface area contributed by atoms with Gasteiger partial charge in [-0.2, -0.15) is 0 Å². The highest BCUT2D eigenvalue weighted by Crippen LogP contribution is 2.41. The summed E-state index contributed by atoms with van der Waals surface area (Å²) >= 11 is 1.96. The first-order valence-electron chi connectivity index (χ1n) is 6.89. The third-order valence-electron chi connectivity index (χ3n) is 3.73. The molecule has 1 aliphatic heterocycles. The van der Waals surface area contributed by atoms with Gasteiger partial charge in [0.25, 0.3) is 0 Å². The van der Waals surface area contributed by atoms with Crippen molar-refractivity contribution in [1.82, 2.24) is 5.32 Å². The third kappa shape index (κ3) is 2.72. The predicted octanol–water partition coefficient (Wildman–Crippen LogP) is 3.61. The summed E-state index contributed by atoms with van der Waals surface area (Å²) in [6.45, 7) is 3.24. The van der Waals surface area contributed by atoms with Gasteiger partial charge in [0.15, 0.2) is 5.17 Å². The van der Waals surface area contributed by atoms with E-state index in [1.54, 1.807) is 0 Å². The van der Waals surface area contributed by atoms with Crippen LogP contribution < -0.4 is 5.32 Å². The van der Waals surface area contributed by atoms with Crippen molar-refractivity contribution < 1.29 is 0 Å². The van der Waals surface area contributed by atoms with E-state index in [0.29, 0.717) is 6.04 Å². The molecule has 1 aromatic carbocycles. The summed E-state index contributed by atoms with van der Waals surface area (Å²) in [7, 11) is 0. The zero-order valence-corrected chi connectivity index (χ0v) is 11.6. The van der Waals surface area contributed by atoms with Crippen LogP contribution >= 0.6 is 11.8 Å². The normalized spacial score (nSPS) is 24.7. The molecule has 18 heavy (non-hydrogen) atoms. The van der Waals surface area contributed by atoms with Crippen LogP contribution in [0.25, 0.3) is 0 Å². The number of nitrogens with zero attached hydrogens (tertiary/aromatic N) is 1. The third-order valence-corrected chi connectivity index (χ3v) is 5.04. The van der Waals surface area contributed by atoms with Gasteiger partial charge in [-0.1, -0.05) is 49.0 Å². The number of rotatable bonds is 4. The van der Waals surface area contributed by atoms with E-state index in [0.717, 1.165) is 29.3 Å². The highest BCUT2D eigenvalue weighted by Gasteiger charge is 2.35. The van der Waals surface area contributed by atoms with Gasteiger partial charge in [0.1, 0.15) is 0 Å². The molecule has 1 aromatic rings. The molecule has 3 heteroatoms. The fraction of sp³-hybridized carbons (Fsp3) is 0.533. The van der Waals surface area contributed by atoms with Gasteiger partial charge in [0.2, 0.25) is 0 Å². The average molecular weight is 260 g/mol. The van der Waals surface area contributed by atoms with Gasteiger partial charge < -0.3 is 5.32 Å². The molecule has 3 rings (SSSR count). The summed E-state index contributed by atoms with van der Waals surface area (Å²) < 4.78 is 0. The van der Waals surface area contributed by atoms with Crippen molar-refractivity contribution in [3.63, 3.8) is 0 Å². The molecule has 0 aromatic heterocycles. The SMILES string of the molecule is CCC(NC1=NCC(C2CC2)S1)c1ccccc1. The fourth-order valence-corrected chi connectivity index (χ4v) is 3.70. The zero-order valence-electron chi connectivity index (χ0n) is 10.8. The summed E-state index contributed by atoms with van der Waals surface area (Å²) in [5.74, 6) is 0.940. The van der Waals surface area contributed by atoms with Crippen molar-refractivity contribution in [2.24, 2.45) is 10.9 Å². The van der Waals surface area contributed by atoms with Crippen LogP contribution in [-0.2, 0) is 0 Å². The molecule has 1 saturated carbocycles. The summed E-state index contributed by atoms with van der Waals surface area (Å²) in [4.78, 5) is 4.66. The lowest BCUT2D eigenvalue weighted by Crippen LogP contribution is -2.25. The Kier molecular flexibility index (Phi) is 3.59. The topological polar surface area (TPSA) is 24.4 Å². The molecule has 1 aliphatic carbocycles. The van der Waals surface area contributed by atoms with Crippen molar-refractivity contribution in [3.05, 3.63) is 35.9 Å². The molecule has 0 radical (unpaired) electrons. The molecule has 1 N–H and O–H groups in total. The average Bonchev–Trinajstić information content (AvgIpc) is 3.17. The van der Waals surface area contributed by atoms with E-state index in [2.05, 4.69) is 47.6 Å². The number of thioether (sulfide) groups is 1. The molecule has 96 valence electrons. The number of amidine groups is 1. The minimum absolute atomic E-state index is 0.399. The molecule has 0 saturated heterocycles. The van der Waals surface area contributed by atoms with Gasteiger partial charge in [-0.25, -0.2) is 0 Å². The second-order valence-corrected chi connectivity index (χ2v) is 6.38. The maximum atomic E-state index is 4.66. The van der Waals surface area contributed by atoms with Crippen LogP contribution in [0, 0.1) is 5.92 Å². The Morgan fingerprint density at radius 1 is 1.33 bits per heavy atom. The summed E-state index contributed by atoms with van der Waals surface area (Å²) in [6, 6.07) is 11.1. The van der Waals surface area contributed by atoms with Crippen LogP contribution in [0.1, 0.15) is 37.8 Å². The molecule has 0 bridgehead atoms. The Labute approximate surface area is 113 Å². The van der Waals surface area contributed by atoms with Crippen LogP contribution in [0.2, 0.25) is 0 Å². The quantitative estimate of drug-likeness (QED) is 0.894. The van der Waals surface area contributed by atoms with Crippen molar-refractivity contribution >= 4 is 16.9 Å². The molecule has 0 spiro atoms. The van der Waals surface area contributed by atoms with Crippen molar-refractivity contribution in [2.45, 2.75) is 37.5 Å². The predicted molar refractivity (Wildman–Crippen MR) is 79.0 cm³/mol. The van der Waals surface area contributed by atoms with E-state index in [1.165, 1.54) is 18.4 Å². The van der Waals surface area contributed by atoms with Crippen LogP contribution in [-0.4, -0.2) is 17.0 Å². The van der Waals surface area contributed by atoms with Crippen molar-refractivity contribution in [1.29, 1.82) is 0 Å². The first-order valence-corrected chi connectivity index (χ1v) is 7.77. The molecule has 1 fully saturated rings. The van der Waals surface area contributed by atoms with E-state index >= 15 is 0 Å². The molecule has 2 nitrogen and oxygen atoms in total. The monoisotopic (exact) mass is 260 g/mol. The first kappa shape index (κ1) is 12.1. The first-order chi connectivity index (χ1) is 8.86.